The second-order valence-corrected chi connectivity index (χ2v) is 6.77. The molecule has 0 radical (unpaired) electrons. The van der Waals surface area contributed by atoms with Crippen molar-refractivity contribution in [3.63, 3.8) is 0 Å². The highest BCUT2D eigenvalue weighted by atomic mass is 16.2. The molecule has 1 atom stereocenters. The first-order chi connectivity index (χ1) is 13.2. The molecule has 0 spiro atoms. The molecule has 0 bridgehead atoms. The molecular weight excluding hydrogens is 336 g/mol. The van der Waals surface area contributed by atoms with Gasteiger partial charge in [-0.25, -0.2) is 0 Å². The van der Waals surface area contributed by atoms with E-state index in [0.29, 0.717) is 18.1 Å². The number of para-hydroxylation sites is 1. The number of aryl methyl sites for hydroxylation is 1. The molecule has 136 valence electrons. The quantitative estimate of drug-likeness (QED) is 0.758. The smallest absolute Gasteiger partial charge is 0.278 e. The van der Waals surface area contributed by atoms with Gasteiger partial charge < -0.3 is 10.2 Å². The number of amides is 1. The highest BCUT2D eigenvalue weighted by molar-refractivity contribution is 6.05. The number of hydrogen-bond acceptors (Lipinski definition) is 4. The summed E-state index contributed by atoms with van der Waals surface area (Å²) in [6.45, 7) is 2.78. The molecule has 4 rings (SSSR count). The molecule has 5 heteroatoms. The Morgan fingerprint density at radius 1 is 1.00 bits per heavy atom. The van der Waals surface area contributed by atoms with E-state index < -0.39 is 0 Å². The van der Waals surface area contributed by atoms with Crippen LogP contribution in [0.3, 0.4) is 0 Å². The zero-order valence-electron chi connectivity index (χ0n) is 15.3. The average Bonchev–Trinajstić information content (AvgIpc) is 2.74. The van der Waals surface area contributed by atoms with Crippen LogP contribution < -0.4 is 10.2 Å². The van der Waals surface area contributed by atoms with Crippen LogP contribution >= 0.6 is 0 Å². The average molecular weight is 358 g/mol. The lowest BCUT2D eigenvalue weighted by atomic mass is 10.0. The van der Waals surface area contributed by atoms with Gasteiger partial charge in [-0.05, 0) is 49.1 Å². The van der Waals surface area contributed by atoms with Crippen LogP contribution in [-0.4, -0.2) is 22.6 Å². The third kappa shape index (κ3) is 3.67. The minimum atomic E-state index is -0.0997. The number of carbonyl (C=O) groups excluding carboxylic acids is 1. The van der Waals surface area contributed by atoms with Crippen LogP contribution in [-0.2, 0) is 6.42 Å². The third-order valence-corrected chi connectivity index (χ3v) is 4.90. The van der Waals surface area contributed by atoms with Crippen LogP contribution in [0.1, 0.15) is 41.0 Å². The molecular formula is C22H22N4O. The summed E-state index contributed by atoms with van der Waals surface area (Å²) in [6.07, 6.45) is 1.97. The van der Waals surface area contributed by atoms with Gasteiger partial charge in [0.25, 0.3) is 5.91 Å². The van der Waals surface area contributed by atoms with Crippen molar-refractivity contribution in [3.05, 3.63) is 83.6 Å². The Hall–Kier alpha value is -3.21. The lowest BCUT2D eigenvalue weighted by Gasteiger charge is -2.29. The zero-order chi connectivity index (χ0) is 18.6. The summed E-state index contributed by atoms with van der Waals surface area (Å²) in [5.74, 6) is 0.555. The number of hydrogen-bond donors (Lipinski definition) is 1. The number of nitrogens with zero attached hydrogens (tertiary/aromatic N) is 3. The first-order valence-corrected chi connectivity index (χ1v) is 9.27. The summed E-state index contributed by atoms with van der Waals surface area (Å²) < 4.78 is 0. The summed E-state index contributed by atoms with van der Waals surface area (Å²) in [4.78, 5) is 14.7. The maximum Gasteiger partial charge on any atom is 0.278 e. The zero-order valence-corrected chi connectivity index (χ0v) is 15.3. The van der Waals surface area contributed by atoms with Gasteiger partial charge in [0.15, 0.2) is 5.69 Å². The van der Waals surface area contributed by atoms with Gasteiger partial charge in [-0.1, -0.05) is 48.5 Å². The minimum Gasteiger partial charge on any atom is -0.362 e. The lowest BCUT2D eigenvalue weighted by Crippen LogP contribution is -2.36. The molecule has 2 heterocycles. The Morgan fingerprint density at radius 3 is 2.56 bits per heavy atom. The van der Waals surface area contributed by atoms with E-state index >= 15 is 0 Å². The van der Waals surface area contributed by atoms with Gasteiger partial charge >= 0.3 is 0 Å². The lowest BCUT2D eigenvalue weighted by molar-refractivity contribution is 0.0979. The molecule has 2 aromatic carbocycles. The molecule has 0 fully saturated rings. The number of nitrogens with one attached hydrogen (secondary N) is 1. The van der Waals surface area contributed by atoms with Gasteiger partial charge in [0.2, 0.25) is 0 Å². The monoisotopic (exact) mass is 358 g/mol. The van der Waals surface area contributed by atoms with Gasteiger partial charge in [-0.2, -0.15) is 0 Å². The molecule has 3 aromatic rings. The molecule has 1 aliphatic heterocycles. The maximum atomic E-state index is 12.9. The van der Waals surface area contributed by atoms with Crippen molar-refractivity contribution >= 4 is 17.4 Å². The van der Waals surface area contributed by atoms with Crippen molar-refractivity contribution in [2.75, 3.05) is 16.8 Å². The standard InChI is InChI=1S/C22H22N4O/c1-16(17-8-3-2-4-9-17)23-21-14-13-19(24-25-21)22(27)26-15-7-11-18-10-5-6-12-20(18)26/h2-6,8-10,12-14,16H,7,11,15H2,1H3,(H,23,25). The molecule has 1 amide bonds. The molecule has 1 aromatic heterocycles. The van der Waals surface area contributed by atoms with E-state index in [4.69, 9.17) is 0 Å². The second kappa shape index (κ2) is 7.58. The highest BCUT2D eigenvalue weighted by Crippen LogP contribution is 2.28. The Balaban J connectivity index is 1.49. The number of rotatable bonds is 4. The van der Waals surface area contributed by atoms with E-state index in [9.17, 15) is 4.79 Å². The number of fused-ring (bicyclic) bond motifs is 1. The van der Waals surface area contributed by atoms with Crippen molar-refractivity contribution in [1.82, 2.24) is 10.2 Å². The van der Waals surface area contributed by atoms with Crippen LogP contribution in [0.5, 0.6) is 0 Å². The van der Waals surface area contributed by atoms with Crippen molar-refractivity contribution in [2.45, 2.75) is 25.8 Å². The number of benzene rings is 2. The van der Waals surface area contributed by atoms with Crippen LogP contribution in [0.4, 0.5) is 11.5 Å². The summed E-state index contributed by atoms with van der Waals surface area (Å²) in [7, 11) is 0. The Kier molecular flexibility index (Phi) is 4.83. The molecule has 0 aliphatic carbocycles. The maximum absolute atomic E-state index is 12.9. The summed E-state index contributed by atoms with van der Waals surface area (Å²) in [5.41, 5.74) is 3.73. The molecule has 5 nitrogen and oxygen atoms in total. The first-order valence-electron chi connectivity index (χ1n) is 9.27. The van der Waals surface area contributed by atoms with E-state index in [1.807, 2.05) is 47.4 Å². The SMILES string of the molecule is CC(Nc1ccc(C(=O)N2CCCc3ccccc32)nn1)c1ccccc1. The number of carbonyl (C=O) groups is 1. The minimum absolute atomic E-state index is 0.0997. The van der Waals surface area contributed by atoms with Gasteiger partial charge in [-0.3, -0.25) is 4.79 Å². The van der Waals surface area contributed by atoms with Crippen molar-refractivity contribution in [1.29, 1.82) is 0 Å². The van der Waals surface area contributed by atoms with Crippen LogP contribution in [0.2, 0.25) is 0 Å². The van der Waals surface area contributed by atoms with Crippen LogP contribution in [0.25, 0.3) is 0 Å². The molecule has 1 N–H and O–H groups in total. The van der Waals surface area contributed by atoms with E-state index in [2.05, 4.69) is 40.6 Å². The fraction of sp³-hybridized carbons (Fsp3) is 0.227. The molecule has 0 saturated heterocycles. The first kappa shape index (κ1) is 17.2. The number of aromatic nitrogens is 2. The van der Waals surface area contributed by atoms with E-state index in [-0.39, 0.29) is 11.9 Å². The topological polar surface area (TPSA) is 58.1 Å². The van der Waals surface area contributed by atoms with E-state index in [1.165, 1.54) is 11.1 Å². The van der Waals surface area contributed by atoms with Crippen molar-refractivity contribution < 1.29 is 4.79 Å². The predicted octanol–water partition coefficient (Wildman–Crippen LogP) is 4.24. The summed E-state index contributed by atoms with van der Waals surface area (Å²) in [5, 5.41) is 11.7. The summed E-state index contributed by atoms with van der Waals surface area (Å²) in [6, 6.07) is 21.9. The largest absolute Gasteiger partial charge is 0.362 e. The van der Waals surface area contributed by atoms with E-state index in [0.717, 1.165) is 18.5 Å². The Labute approximate surface area is 159 Å². The van der Waals surface area contributed by atoms with Crippen molar-refractivity contribution in [2.24, 2.45) is 0 Å². The summed E-state index contributed by atoms with van der Waals surface area (Å²) >= 11 is 0. The highest BCUT2D eigenvalue weighted by Gasteiger charge is 2.24. The fourth-order valence-corrected chi connectivity index (χ4v) is 3.45. The Bertz CT molecular complexity index is 925. The van der Waals surface area contributed by atoms with Gasteiger partial charge in [-0.15, -0.1) is 10.2 Å². The van der Waals surface area contributed by atoms with Crippen molar-refractivity contribution in [3.8, 4) is 0 Å². The van der Waals surface area contributed by atoms with Crippen LogP contribution in [0.15, 0.2) is 66.7 Å². The Morgan fingerprint density at radius 2 is 1.78 bits per heavy atom. The normalized spacial score (nSPS) is 14.3. The molecule has 0 saturated carbocycles. The molecule has 27 heavy (non-hydrogen) atoms. The molecule has 1 unspecified atom stereocenters. The van der Waals surface area contributed by atoms with E-state index in [1.54, 1.807) is 6.07 Å². The fourth-order valence-electron chi connectivity index (χ4n) is 3.45. The van der Waals surface area contributed by atoms with Gasteiger partial charge in [0, 0.05) is 18.3 Å². The second-order valence-electron chi connectivity index (χ2n) is 6.77. The third-order valence-electron chi connectivity index (χ3n) is 4.90. The van der Waals surface area contributed by atoms with Crippen LogP contribution in [0, 0.1) is 0 Å². The van der Waals surface area contributed by atoms with Gasteiger partial charge in [0.05, 0.1) is 0 Å². The van der Waals surface area contributed by atoms with Gasteiger partial charge in [0.1, 0.15) is 5.82 Å². The number of anilines is 2. The molecule has 1 aliphatic rings. The predicted molar refractivity (Wildman–Crippen MR) is 107 cm³/mol.